The van der Waals surface area contributed by atoms with Crippen LogP contribution < -0.4 is 5.32 Å². The number of halogens is 1. The Balaban J connectivity index is 1.84. The molecule has 2 aromatic heterocycles. The van der Waals surface area contributed by atoms with Gasteiger partial charge in [0.1, 0.15) is 12.7 Å². The van der Waals surface area contributed by atoms with Crippen molar-refractivity contribution in [3.05, 3.63) is 47.5 Å². The number of rotatable bonds is 9. The standard InChI is InChI=1S/C17H21ClN5O5P/c1-11(28-10-29(25,26)27)7-23-16-14(22-17(23)18)15(19-9-20-16)21-13(8-24)12-5-3-2-4-6-12/h2-6,9,11,13,24H,7-8,10H2,1H3,(H,19,20,21)(H2,25,26,27)/t11-,13+/m1/s1. The number of benzene rings is 1. The van der Waals surface area contributed by atoms with Gasteiger partial charge in [0.25, 0.3) is 0 Å². The fourth-order valence-corrected chi connectivity index (χ4v) is 3.48. The molecule has 156 valence electrons. The number of ether oxygens (including phenoxy) is 1. The van der Waals surface area contributed by atoms with E-state index in [0.717, 1.165) is 5.56 Å². The van der Waals surface area contributed by atoms with E-state index >= 15 is 0 Å². The number of hydrogen-bond donors (Lipinski definition) is 4. The number of aliphatic hydroxyl groups is 1. The van der Waals surface area contributed by atoms with E-state index < -0.39 is 26.1 Å². The van der Waals surface area contributed by atoms with Crippen LogP contribution in [0.3, 0.4) is 0 Å². The minimum atomic E-state index is -4.27. The zero-order valence-corrected chi connectivity index (χ0v) is 17.2. The van der Waals surface area contributed by atoms with E-state index in [-0.39, 0.29) is 18.4 Å². The van der Waals surface area contributed by atoms with Gasteiger partial charge in [0.2, 0.25) is 5.28 Å². The van der Waals surface area contributed by atoms with E-state index in [2.05, 4.69) is 20.3 Å². The lowest BCUT2D eigenvalue weighted by Crippen LogP contribution is -2.18. The molecule has 0 saturated heterocycles. The largest absolute Gasteiger partial charge is 0.394 e. The van der Waals surface area contributed by atoms with Crippen LogP contribution >= 0.6 is 19.2 Å². The summed E-state index contributed by atoms with van der Waals surface area (Å²) in [5, 5.41) is 13.1. The molecule has 29 heavy (non-hydrogen) atoms. The van der Waals surface area contributed by atoms with Crippen LogP contribution in [0, 0.1) is 0 Å². The molecular weight excluding hydrogens is 421 g/mol. The third-order valence-electron chi connectivity index (χ3n) is 4.15. The van der Waals surface area contributed by atoms with Crippen LogP contribution in [0.25, 0.3) is 11.2 Å². The first kappa shape index (κ1) is 21.6. The third-order valence-corrected chi connectivity index (χ3v) is 4.92. The van der Waals surface area contributed by atoms with E-state index in [9.17, 15) is 9.67 Å². The van der Waals surface area contributed by atoms with Crippen molar-refractivity contribution >= 4 is 36.2 Å². The number of nitrogens with one attached hydrogen (secondary N) is 1. The van der Waals surface area contributed by atoms with E-state index in [1.807, 2.05) is 30.3 Å². The Labute approximate surface area is 171 Å². The average Bonchev–Trinajstić information content (AvgIpc) is 3.01. The van der Waals surface area contributed by atoms with Gasteiger partial charge in [0.15, 0.2) is 17.0 Å². The fourth-order valence-electron chi connectivity index (χ4n) is 2.80. The molecule has 3 aromatic rings. The average molecular weight is 442 g/mol. The van der Waals surface area contributed by atoms with E-state index in [4.69, 9.17) is 26.1 Å². The molecule has 0 aliphatic carbocycles. The Morgan fingerprint density at radius 3 is 2.66 bits per heavy atom. The summed E-state index contributed by atoms with van der Waals surface area (Å²) in [6, 6.07) is 9.01. The number of hydrogen-bond acceptors (Lipinski definition) is 7. The zero-order chi connectivity index (χ0) is 21.0. The summed E-state index contributed by atoms with van der Waals surface area (Å²) in [5.74, 6) is 0.405. The maximum atomic E-state index is 11.0. The second-order valence-electron chi connectivity index (χ2n) is 6.45. The number of nitrogens with zero attached hydrogens (tertiary/aromatic N) is 4. The minimum absolute atomic E-state index is 0.135. The quantitative estimate of drug-likeness (QED) is 0.290. The highest BCUT2D eigenvalue weighted by molar-refractivity contribution is 7.51. The van der Waals surface area contributed by atoms with Crippen molar-refractivity contribution in [2.75, 3.05) is 18.3 Å². The molecular formula is C17H21ClN5O5P. The van der Waals surface area contributed by atoms with Crippen molar-refractivity contribution in [3.63, 3.8) is 0 Å². The Bertz CT molecular complexity index is 1010. The summed E-state index contributed by atoms with van der Waals surface area (Å²) >= 11 is 6.26. The number of aromatic nitrogens is 4. The van der Waals surface area contributed by atoms with Crippen molar-refractivity contribution in [1.29, 1.82) is 0 Å². The van der Waals surface area contributed by atoms with Gasteiger partial charge in [-0.1, -0.05) is 30.3 Å². The number of anilines is 1. The lowest BCUT2D eigenvalue weighted by Gasteiger charge is -2.17. The SMILES string of the molecule is C[C@H](Cn1c(Cl)nc2c(N[C@@H](CO)c3ccccc3)ncnc21)OCP(=O)(O)O. The van der Waals surface area contributed by atoms with Gasteiger partial charge in [-0.25, -0.2) is 15.0 Å². The van der Waals surface area contributed by atoms with Crippen molar-refractivity contribution in [2.24, 2.45) is 0 Å². The minimum Gasteiger partial charge on any atom is -0.394 e. The van der Waals surface area contributed by atoms with Crippen LogP contribution in [0.4, 0.5) is 5.82 Å². The molecule has 12 heteroatoms. The lowest BCUT2D eigenvalue weighted by atomic mass is 10.1. The van der Waals surface area contributed by atoms with Gasteiger partial charge in [-0.15, -0.1) is 0 Å². The number of fused-ring (bicyclic) bond motifs is 1. The van der Waals surface area contributed by atoms with Gasteiger partial charge in [-0.3, -0.25) is 9.13 Å². The summed E-state index contributed by atoms with van der Waals surface area (Å²) in [4.78, 5) is 30.6. The van der Waals surface area contributed by atoms with Gasteiger partial charge in [0, 0.05) is 0 Å². The van der Waals surface area contributed by atoms with E-state index in [0.29, 0.717) is 17.0 Å². The Morgan fingerprint density at radius 1 is 1.28 bits per heavy atom. The molecule has 2 atom stereocenters. The normalized spacial score (nSPS) is 14.1. The van der Waals surface area contributed by atoms with Crippen LogP contribution in [-0.4, -0.2) is 53.5 Å². The summed E-state index contributed by atoms with van der Waals surface area (Å²) in [6.45, 7) is 1.69. The van der Waals surface area contributed by atoms with Crippen LogP contribution in [0.1, 0.15) is 18.5 Å². The summed E-state index contributed by atoms with van der Waals surface area (Å²) in [6.07, 6.45) is 0.119. The first-order valence-corrected chi connectivity index (χ1v) is 10.9. The fraction of sp³-hybridized carbons (Fsp3) is 0.353. The maximum absolute atomic E-state index is 11.0. The molecule has 2 heterocycles. The van der Waals surface area contributed by atoms with Gasteiger partial charge in [-0.05, 0) is 24.1 Å². The molecule has 0 unspecified atom stereocenters. The van der Waals surface area contributed by atoms with Crippen LogP contribution in [-0.2, 0) is 15.8 Å². The third kappa shape index (κ3) is 5.51. The molecule has 0 fully saturated rings. The molecule has 0 aliphatic heterocycles. The molecule has 1 aromatic carbocycles. The molecule has 0 aliphatic rings. The van der Waals surface area contributed by atoms with Crippen LogP contribution in [0.5, 0.6) is 0 Å². The molecule has 3 rings (SSSR count). The summed E-state index contributed by atoms with van der Waals surface area (Å²) in [5.41, 5.74) is 1.73. The monoisotopic (exact) mass is 441 g/mol. The molecule has 0 radical (unpaired) electrons. The first-order valence-electron chi connectivity index (χ1n) is 8.73. The van der Waals surface area contributed by atoms with Gasteiger partial charge < -0.3 is 24.9 Å². The highest BCUT2D eigenvalue weighted by atomic mass is 35.5. The van der Waals surface area contributed by atoms with Crippen LogP contribution in [0.15, 0.2) is 36.7 Å². The predicted octanol–water partition coefficient (Wildman–Crippen LogP) is 2.17. The second kappa shape index (κ2) is 9.17. The van der Waals surface area contributed by atoms with Crippen LogP contribution in [0.2, 0.25) is 5.28 Å². The zero-order valence-electron chi connectivity index (χ0n) is 15.5. The van der Waals surface area contributed by atoms with E-state index in [1.54, 1.807) is 11.5 Å². The summed E-state index contributed by atoms with van der Waals surface area (Å²) < 4.78 is 17.8. The lowest BCUT2D eigenvalue weighted by molar-refractivity contribution is 0.0765. The topological polar surface area (TPSA) is 143 Å². The van der Waals surface area contributed by atoms with Crippen molar-refractivity contribution < 1.29 is 24.2 Å². The number of aliphatic hydroxyl groups excluding tert-OH is 1. The second-order valence-corrected chi connectivity index (χ2v) is 8.37. The van der Waals surface area contributed by atoms with Gasteiger partial charge >= 0.3 is 7.60 Å². The maximum Gasteiger partial charge on any atom is 0.350 e. The number of imidazole rings is 1. The van der Waals surface area contributed by atoms with Gasteiger partial charge in [0.05, 0.1) is 25.3 Å². The molecule has 4 N–H and O–H groups in total. The smallest absolute Gasteiger partial charge is 0.350 e. The molecule has 0 amide bonds. The summed E-state index contributed by atoms with van der Waals surface area (Å²) in [7, 11) is -4.27. The molecule has 10 nitrogen and oxygen atoms in total. The van der Waals surface area contributed by atoms with Crippen molar-refractivity contribution in [3.8, 4) is 0 Å². The molecule has 0 saturated carbocycles. The Morgan fingerprint density at radius 2 is 2.00 bits per heavy atom. The Hall–Kier alpha value is -2.07. The highest BCUT2D eigenvalue weighted by Gasteiger charge is 2.21. The van der Waals surface area contributed by atoms with Crippen molar-refractivity contribution in [1.82, 2.24) is 19.5 Å². The first-order chi connectivity index (χ1) is 13.8. The Kier molecular flexibility index (Phi) is 6.84. The molecule has 0 spiro atoms. The molecule has 0 bridgehead atoms. The van der Waals surface area contributed by atoms with E-state index in [1.165, 1.54) is 6.33 Å². The van der Waals surface area contributed by atoms with Gasteiger partial charge in [-0.2, -0.15) is 0 Å². The predicted molar refractivity (Wildman–Crippen MR) is 108 cm³/mol. The highest BCUT2D eigenvalue weighted by Crippen LogP contribution is 2.34. The van der Waals surface area contributed by atoms with Crippen molar-refractivity contribution in [2.45, 2.75) is 25.6 Å².